The number of aromatic amines is 1. The van der Waals surface area contributed by atoms with Gasteiger partial charge in [-0.2, -0.15) is 5.10 Å². The van der Waals surface area contributed by atoms with Crippen molar-refractivity contribution < 1.29 is 4.39 Å². The number of halogens is 2. The van der Waals surface area contributed by atoms with E-state index in [4.69, 9.17) is 23.8 Å². The number of nitrogens with zero attached hydrogens (tertiary/aromatic N) is 2. The zero-order valence-electron chi connectivity index (χ0n) is 13.6. The molecule has 0 atom stereocenters. The fraction of sp³-hybridized carbons (Fsp3) is 0.222. The summed E-state index contributed by atoms with van der Waals surface area (Å²) in [6.07, 6.45) is 0. The third kappa shape index (κ3) is 3.14. The van der Waals surface area contributed by atoms with Gasteiger partial charge in [0.05, 0.1) is 10.7 Å². The lowest BCUT2D eigenvalue weighted by atomic mass is 9.87. The average Bonchev–Trinajstić information content (AvgIpc) is 2.91. The maximum absolute atomic E-state index is 13.4. The first kappa shape index (κ1) is 16.9. The highest BCUT2D eigenvalue weighted by atomic mass is 35.5. The molecule has 1 heterocycles. The lowest BCUT2D eigenvalue weighted by molar-refractivity contribution is 0.590. The standard InChI is InChI=1S/C18H17ClFN3S/c1-18(2,3)12-6-4-11(5-7-12)16-21-22-17(24)23(16)13-8-9-15(20)14(19)10-13/h4-10H,1-3H3,(H,22,24). The number of aromatic nitrogens is 3. The molecule has 3 rings (SSSR count). The van der Waals surface area contributed by atoms with Crippen LogP contribution in [0, 0.1) is 10.6 Å². The lowest BCUT2D eigenvalue weighted by Gasteiger charge is -2.19. The van der Waals surface area contributed by atoms with Crippen LogP contribution < -0.4 is 0 Å². The molecule has 2 aromatic carbocycles. The summed E-state index contributed by atoms with van der Waals surface area (Å²) < 4.78 is 15.6. The van der Waals surface area contributed by atoms with Crippen LogP contribution in [0.4, 0.5) is 4.39 Å². The lowest BCUT2D eigenvalue weighted by Crippen LogP contribution is -2.10. The summed E-state index contributed by atoms with van der Waals surface area (Å²) in [5.74, 6) is 0.189. The van der Waals surface area contributed by atoms with Crippen LogP contribution in [0.1, 0.15) is 26.3 Å². The molecule has 0 spiro atoms. The van der Waals surface area contributed by atoms with Crippen molar-refractivity contribution in [2.45, 2.75) is 26.2 Å². The van der Waals surface area contributed by atoms with Crippen LogP contribution in [-0.2, 0) is 5.41 Å². The molecule has 0 amide bonds. The Morgan fingerprint density at radius 2 is 1.79 bits per heavy atom. The van der Waals surface area contributed by atoms with E-state index < -0.39 is 5.82 Å². The number of benzene rings is 2. The van der Waals surface area contributed by atoms with Crippen LogP contribution in [0.25, 0.3) is 17.1 Å². The van der Waals surface area contributed by atoms with Gasteiger partial charge in [0.25, 0.3) is 0 Å². The molecule has 24 heavy (non-hydrogen) atoms. The van der Waals surface area contributed by atoms with Crippen LogP contribution in [0.2, 0.25) is 5.02 Å². The molecule has 0 aliphatic carbocycles. The molecule has 1 N–H and O–H groups in total. The predicted octanol–water partition coefficient (Wildman–Crippen LogP) is 5.69. The quantitative estimate of drug-likeness (QED) is 0.595. The van der Waals surface area contributed by atoms with Crippen molar-refractivity contribution in [1.82, 2.24) is 14.8 Å². The molecule has 0 saturated carbocycles. The molecule has 124 valence electrons. The highest BCUT2D eigenvalue weighted by Gasteiger charge is 2.16. The molecule has 0 unspecified atom stereocenters. The highest BCUT2D eigenvalue weighted by Crippen LogP contribution is 2.27. The van der Waals surface area contributed by atoms with Gasteiger partial charge in [-0.25, -0.2) is 4.39 Å². The number of hydrogen-bond acceptors (Lipinski definition) is 2. The smallest absolute Gasteiger partial charge is 0.200 e. The van der Waals surface area contributed by atoms with E-state index in [1.165, 1.54) is 17.7 Å². The van der Waals surface area contributed by atoms with Crippen molar-refractivity contribution in [3.63, 3.8) is 0 Å². The zero-order valence-corrected chi connectivity index (χ0v) is 15.2. The second-order valence-electron chi connectivity index (χ2n) is 6.61. The minimum atomic E-state index is -0.466. The molecule has 3 aromatic rings. The van der Waals surface area contributed by atoms with Gasteiger partial charge >= 0.3 is 0 Å². The zero-order chi connectivity index (χ0) is 17.5. The van der Waals surface area contributed by atoms with Gasteiger partial charge in [0.15, 0.2) is 10.6 Å². The molecule has 1 aromatic heterocycles. The normalized spacial score (nSPS) is 11.7. The van der Waals surface area contributed by atoms with Gasteiger partial charge in [0.2, 0.25) is 0 Å². The Morgan fingerprint density at radius 3 is 2.38 bits per heavy atom. The van der Waals surface area contributed by atoms with Gasteiger partial charge < -0.3 is 0 Å². The fourth-order valence-corrected chi connectivity index (χ4v) is 2.89. The topological polar surface area (TPSA) is 33.6 Å². The van der Waals surface area contributed by atoms with E-state index >= 15 is 0 Å². The molecule has 0 aliphatic heterocycles. The van der Waals surface area contributed by atoms with Crippen molar-refractivity contribution in [2.75, 3.05) is 0 Å². The predicted molar refractivity (Wildman–Crippen MR) is 97.9 cm³/mol. The Kier molecular flexibility index (Phi) is 4.32. The largest absolute Gasteiger partial charge is 0.268 e. The van der Waals surface area contributed by atoms with Crippen molar-refractivity contribution >= 4 is 23.8 Å². The van der Waals surface area contributed by atoms with Crippen molar-refractivity contribution in [3.8, 4) is 17.1 Å². The number of hydrogen-bond donors (Lipinski definition) is 1. The molecule has 3 nitrogen and oxygen atoms in total. The highest BCUT2D eigenvalue weighted by molar-refractivity contribution is 7.71. The van der Waals surface area contributed by atoms with E-state index in [9.17, 15) is 4.39 Å². The first-order valence-electron chi connectivity index (χ1n) is 7.51. The average molecular weight is 362 g/mol. The first-order valence-corrected chi connectivity index (χ1v) is 8.30. The van der Waals surface area contributed by atoms with Crippen LogP contribution in [0.3, 0.4) is 0 Å². The van der Waals surface area contributed by atoms with Gasteiger partial charge in [-0.1, -0.05) is 56.6 Å². The van der Waals surface area contributed by atoms with E-state index in [-0.39, 0.29) is 10.4 Å². The second-order valence-corrected chi connectivity index (χ2v) is 7.41. The van der Waals surface area contributed by atoms with Crippen LogP contribution >= 0.6 is 23.8 Å². The summed E-state index contributed by atoms with van der Waals surface area (Å²) >= 11 is 11.2. The summed E-state index contributed by atoms with van der Waals surface area (Å²) in [6, 6.07) is 12.7. The summed E-state index contributed by atoms with van der Waals surface area (Å²) in [5.41, 5.74) is 2.89. The van der Waals surface area contributed by atoms with E-state index in [0.29, 0.717) is 16.3 Å². The van der Waals surface area contributed by atoms with Crippen LogP contribution in [-0.4, -0.2) is 14.8 Å². The molecule has 6 heteroatoms. The van der Waals surface area contributed by atoms with Gasteiger partial charge in [0, 0.05) is 5.56 Å². The van der Waals surface area contributed by atoms with Gasteiger partial charge in [-0.15, -0.1) is 0 Å². The third-order valence-corrected chi connectivity index (χ3v) is 4.41. The molecule has 0 bridgehead atoms. The minimum Gasteiger partial charge on any atom is -0.268 e. The van der Waals surface area contributed by atoms with E-state index in [1.807, 2.05) is 12.1 Å². The molecule has 0 fully saturated rings. The van der Waals surface area contributed by atoms with Gasteiger partial charge in [0.1, 0.15) is 5.82 Å². The van der Waals surface area contributed by atoms with Crippen molar-refractivity contribution in [1.29, 1.82) is 0 Å². The van der Waals surface area contributed by atoms with Crippen molar-refractivity contribution in [2.24, 2.45) is 0 Å². The Morgan fingerprint density at radius 1 is 1.12 bits per heavy atom. The summed E-state index contributed by atoms with van der Waals surface area (Å²) in [7, 11) is 0. The Labute approximate surface area is 150 Å². The summed E-state index contributed by atoms with van der Waals surface area (Å²) in [6.45, 7) is 6.50. The summed E-state index contributed by atoms with van der Waals surface area (Å²) in [4.78, 5) is 0. The number of nitrogens with one attached hydrogen (secondary N) is 1. The minimum absolute atomic E-state index is 0.0460. The van der Waals surface area contributed by atoms with Gasteiger partial charge in [-0.3, -0.25) is 9.67 Å². The Balaban J connectivity index is 2.10. The van der Waals surface area contributed by atoms with Crippen molar-refractivity contribution in [3.05, 3.63) is 63.6 Å². The Hall–Kier alpha value is -1.98. The van der Waals surface area contributed by atoms with E-state index in [2.05, 4.69) is 43.1 Å². The van der Waals surface area contributed by atoms with Crippen LogP contribution in [0.15, 0.2) is 42.5 Å². The number of rotatable bonds is 2. The molecule has 0 aliphatic rings. The van der Waals surface area contributed by atoms with E-state index in [1.54, 1.807) is 10.6 Å². The Bertz CT molecular complexity index is 936. The SMILES string of the molecule is CC(C)(C)c1ccc(-c2n[nH]c(=S)n2-c2ccc(F)c(Cl)c2)cc1. The third-order valence-electron chi connectivity index (χ3n) is 3.84. The van der Waals surface area contributed by atoms with Gasteiger partial charge in [-0.05, 0) is 41.4 Å². The molecular formula is C18H17ClFN3S. The second kappa shape index (κ2) is 6.15. The molecule has 0 saturated heterocycles. The fourth-order valence-electron chi connectivity index (χ4n) is 2.47. The summed E-state index contributed by atoms with van der Waals surface area (Å²) in [5, 5.41) is 7.15. The first-order chi connectivity index (χ1) is 11.3. The van der Waals surface area contributed by atoms with Crippen LogP contribution in [0.5, 0.6) is 0 Å². The number of H-pyrrole nitrogens is 1. The van der Waals surface area contributed by atoms with E-state index in [0.717, 1.165) is 5.56 Å². The molecular weight excluding hydrogens is 345 g/mol. The monoisotopic (exact) mass is 361 g/mol. The maximum Gasteiger partial charge on any atom is 0.200 e. The maximum atomic E-state index is 13.4. The molecule has 0 radical (unpaired) electrons.